The van der Waals surface area contributed by atoms with E-state index >= 15 is 0 Å². The van der Waals surface area contributed by atoms with Crippen molar-refractivity contribution in [2.45, 2.75) is 43.8 Å². The van der Waals surface area contributed by atoms with Gasteiger partial charge in [-0.2, -0.15) is 0 Å². The van der Waals surface area contributed by atoms with E-state index < -0.39 is 21.7 Å². The molecule has 0 radical (unpaired) electrons. The van der Waals surface area contributed by atoms with Gasteiger partial charge in [-0.05, 0) is 36.6 Å². The first-order chi connectivity index (χ1) is 13.3. The molecule has 1 unspecified atom stereocenters. The van der Waals surface area contributed by atoms with Gasteiger partial charge < -0.3 is 5.73 Å². The van der Waals surface area contributed by atoms with E-state index in [1.54, 1.807) is 4.57 Å². The van der Waals surface area contributed by atoms with Crippen molar-refractivity contribution >= 4 is 9.84 Å². The molecule has 1 atom stereocenters. The van der Waals surface area contributed by atoms with Crippen LogP contribution in [0.3, 0.4) is 0 Å². The van der Waals surface area contributed by atoms with Crippen molar-refractivity contribution in [3.8, 4) is 0 Å². The molecule has 148 valence electrons. The topological polar surface area (TPSA) is 90.9 Å². The number of sulfone groups is 1. The van der Waals surface area contributed by atoms with Crippen molar-refractivity contribution in [2.75, 3.05) is 0 Å². The van der Waals surface area contributed by atoms with E-state index in [1.165, 1.54) is 24.3 Å². The second kappa shape index (κ2) is 8.20. The minimum absolute atomic E-state index is 0.128. The second-order valence-electron chi connectivity index (χ2n) is 6.81. The molecule has 0 saturated heterocycles. The van der Waals surface area contributed by atoms with Crippen LogP contribution in [-0.4, -0.2) is 23.2 Å². The molecule has 0 aliphatic carbocycles. The molecule has 0 spiro atoms. The Morgan fingerprint density at radius 1 is 1.04 bits per heavy atom. The van der Waals surface area contributed by atoms with Crippen LogP contribution >= 0.6 is 0 Å². The summed E-state index contributed by atoms with van der Waals surface area (Å²) in [5.41, 5.74) is 8.66. The molecule has 0 amide bonds. The summed E-state index contributed by atoms with van der Waals surface area (Å²) in [5, 5.41) is 7.90. The van der Waals surface area contributed by atoms with Crippen LogP contribution in [0, 0.1) is 12.7 Å². The van der Waals surface area contributed by atoms with Crippen LogP contribution in [-0.2, 0) is 22.1 Å². The first-order valence-corrected chi connectivity index (χ1v) is 10.7. The SMILES string of the molecule is CCC(N)c1nnc(S(=O)(=O)Cc2ccc(F)cc2)n1Cc1ccc(C)cc1. The van der Waals surface area contributed by atoms with Crippen LogP contribution in [0.5, 0.6) is 0 Å². The van der Waals surface area contributed by atoms with E-state index in [2.05, 4.69) is 10.2 Å². The highest BCUT2D eigenvalue weighted by atomic mass is 32.2. The van der Waals surface area contributed by atoms with Gasteiger partial charge in [0.15, 0.2) is 5.82 Å². The summed E-state index contributed by atoms with van der Waals surface area (Å²) in [7, 11) is -3.79. The summed E-state index contributed by atoms with van der Waals surface area (Å²) in [5.74, 6) is -0.277. The molecule has 28 heavy (non-hydrogen) atoms. The lowest BCUT2D eigenvalue weighted by atomic mass is 10.1. The third-order valence-electron chi connectivity index (χ3n) is 4.53. The molecular weight excluding hydrogens is 379 g/mol. The van der Waals surface area contributed by atoms with Gasteiger partial charge in [0.2, 0.25) is 15.0 Å². The third-order valence-corrected chi connectivity index (χ3v) is 6.10. The van der Waals surface area contributed by atoms with Crippen LogP contribution in [0.15, 0.2) is 53.7 Å². The first-order valence-electron chi connectivity index (χ1n) is 9.01. The Labute approximate surface area is 164 Å². The van der Waals surface area contributed by atoms with Gasteiger partial charge in [0.25, 0.3) is 0 Å². The van der Waals surface area contributed by atoms with Crippen molar-refractivity contribution in [1.29, 1.82) is 0 Å². The molecule has 1 heterocycles. The zero-order valence-corrected chi connectivity index (χ0v) is 16.7. The smallest absolute Gasteiger partial charge is 0.250 e. The van der Waals surface area contributed by atoms with E-state index in [0.29, 0.717) is 24.4 Å². The number of hydrogen-bond donors (Lipinski definition) is 1. The van der Waals surface area contributed by atoms with Gasteiger partial charge in [-0.1, -0.05) is 48.9 Å². The Morgan fingerprint density at radius 2 is 1.64 bits per heavy atom. The maximum atomic E-state index is 13.1. The fourth-order valence-corrected chi connectivity index (χ4v) is 4.30. The number of aryl methyl sites for hydroxylation is 1. The Hall–Kier alpha value is -2.58. The monoisotopic (exact) mass is 402 g/mol. The second-order valence-corrected chi connectivity index (χ2v) is 8.70. The normalized spacial score (nSPS) is 12.9. The lowest BCUT2D eigenvalue weighted by Gasteiger charge is -2.14. The molecule has 2 aromatic carbocycles. The van der Waals surface area contributed by atoms with Crippen LogP contribution in [0.25, 0.3) is 0 Å². The van der Waals surface area contributed by atoms with Gasteiger partial charge in [-0.3, -0.25) is 4.57 Å². The van der Waals surface area contributed by atoms with E-state index in [4.69, 9.17) is 5.73 Å². The standard InChI is InChI=1S/C20H23FN4O2S/c1-3-18(22)19-23-24-20(25(19)12-15-6-4-14(2)5-7-15)28(26,27)13-16-8-10-17(21)11-9-16/h4-11,18H,3,12-13,22H2,1-2H3. The predicted molar refractivity (Wildman–Crippen MR) is 105 cm³/mol. The Kier molecular flexibility index (Phi) is 5.90. The van der Waals surface area contributed by atoms with Crippen LogP contribution < -0.4 is 5.73 Å². The molecule has 0 aliphatic heterocycles. The van der Waals surface area contributed by atoms with Gasteiger partial charge in [0.1, 0.15) is 5.82 Å². The molecule has 2 N–H and O–H groups in total. The van der Waals surface area contributed by atoms with Crippen molar-refractivity contribution in [3.05, 3.63) is 76.9 Å². The average Bonchev–Trinajstić information content (AvgIpc) is 3.09. The van der Waals surface area contributed by atoms with Crippen molar-refractivity contribution in [1.82, 2.24) is 14.8 Å². The predicted octanol–water partition coefficient (Wildman–Crippen LogP) is 3.16. The molecule has 3 aromatic rings. The minimum atomic E-state index is -3.79. The highest BCUT2D eigenvalue weighted by Crippen LogP contribution is 2.21. The third kappa shape index (κ3) is 4.45. The maximum Gasteiger partial charge on any atom is 0.250 e. The van der Waals surface area contributed by atoms with Gasteiger partial charge >= 0.3 is 0 Å². The molecule has 0 saturated carbocycles. The van der Waals surface area contributed by atoms with Crippen LogP contribution in [0.2, 0.25) is 0 Å². The largest absolute Gasteiger partial charge is 0.321 e. The molecule has 0 aliphatic rings. The van der Waals surface area contributed by atoms with Crippen molar-refractivity contribution in [2.24, 2.45) is 5.73 Å². The fraction of sp³-hybridized carbons (Fsp3) is 0.300. The van der Waals surface area contributed by atoms with E-state index in [-0.39, 0.29) is 10.9 Å². The number of benzene rings is 2. The maximum absolute atomic E-state index is 13.1. The average molecular weight is 402 g/mol. The first kappa shape index (κ1) is 20.2. The summed E-state index contributed by atoms with van der Waals surface area (Å²) in [6, 6.07) is 12.8. The van der Waals surface area contributed by atoms with Gasteiger partial charge in [0.05, 0.1) is 18.3 Å². The summed E-state index contributed by atoms with van der Waals surface area (Å²) < 4.78 is 40.7. The van der Waals surface area contributed by atoms with E-state index in [9.17, 15) is 12.8 Å². The number of aromatic nitrogens is 3. The molecule has 6 nitrogen and oxygen atoms in total. The zero-order chi connectivity index (χ0) is 20.3. The molecular formula is C20H23FN4O2S. The van der Waals surface area contributed by atoms with Gasteiger partial charge in [-0.15, -0.1) is 10.2 Å². The number of nitrogens with two attached hydrogens (primary N) is 1. The summed E-state index contributed by atoms with van der Waals surface area (Å²) in [4.78, 5) is 0. The lowest BCUT2D eigenvalue weighted by Crippen LogP contribution is -2.20. The molecule has 1 aromatic heterocycles. The lowest BCUT2D eigenvalue weighted by molar-refractivity contribution is 0.549. The number of rotatable bonds is 7. The fourth-order valence-electron chi connectivity index (χ4n) is 2.88. The quantitative estimate of drug-likeness (QED) is 0.655. The summed E-state index contributed by atoms with van der Waals surface area (Å²) in [6.07, 6.45) is 0.601. The minimum Gasteiger partial charge on any atom is -0.321 e. The van der Waals surface area contributed by atoms with Crippen molar-refractivity contribution in [3.63, 3.8) is 0 Å². The Balaban J connectivity index is 2.00. The van der Waals surface area contributed by atoms with E-state index in [1.807, 2.05) is 38.1 Å². The highest BCUT2D eigenvalue weighted by molar-refractivity contribution is 7.90. The summed E-state index contributed by atoms with van der Waals surface area (Å²) >= 11 is 0. The van der Waals surface area contributed by atoms with Crippen molar-refractivity contribution < 1.29 is 12.8 Å². The number of nitrogens with zero attached hydrogens (tertiary/aromatic N) is 3. The van der Waals surface area contributed by atoms with Crippen LogP contribution in [0.4, 0.5) is 4.39 Å². The van der Waals surface area contributed by atoms with E-state index in [0.717, 1.165) is 11.1 Å². The number of hydrogen-bond acceptors (Lipinski definition) is 5. The molecule has 0 fully saturated rings. The molecule has 3 rings (SSSR count). The highest BCUT2D eigenvalue weighted by Gasteiger charge is 2.27. The van der Waals surface area contributed by atoms with Gasteiger partial charge in [-0.25, -0.2) is 12.8 Å². The Morgan fingerprint density at radius 3 is 2.25 bits per heavy atom. The van der Waals surface area contributed by atoms with Gasteiger partial charge in [0, 0.05) is 0 Å². The number of halogens is 1. The molecule has 0 bridgehead atoms. The Bertz CT molecular complexity index is 1040. The summed E-state index contributed by atoms with van der Waals surface area (Å²) in [6.45, 7) is 4.19. The zero-order valence-electron chi connectivity index (χ0n) is 15.8. The van der Waals surface area contributed by atoms with Crippen LogP contribution in [0.1, 0.15) is 41.9 Å². The molecule has 8 heteroatoms.